The zero-order valence-corrected chi connectivity index (χ0v) is 12.8. The first kappa shape index (κ1) is 13.8. The Morgan fingerprint density at radius 3 is 3.00 bits per heavy atom. The minimum atomic E-state index is 0.121. The SMILES string of the molecule is CC1CCN(C(=O)c2cccc(I)c2)C(CN)C1. The van der Waals surface area contributed by atoms with Gasteiger partial charge in [-0.1, -0.05) is 13.0 Å². The normalized spacial score (nSPS) is 24.1. The molecule has 2 unspecified atom stereocenters. The molecule has 3 nitrogen and oxygen atoms in total. The summed E-state index contributed by atoms with van der Waals surface area (Å²) in [6.45, 7) is 3.61. The monoisotopic (exact) mass is 358 g/mol. The molecule has 0 bridgehead atoms. The minimum absolute atomic E-state index is 0.121. The van der Waals surface area contributed by atoms with Crippen LogP contribution in [0, 0.1) is 9.49 Å². The topological polar surface area (TPSA) is 46.3 Å². The number of carbonyl (C=O) groups excluding carboxylic acids is 1. The van der Waals surface area contributed by atoms with Gasteiger partial charge in [-0.2, -0.15) is 0 Å². The summed E-state index contributed by atoms with van der Waals surface area (Å²) in [5.74, 6) is 0.786. The van der Waals surface area contributed by atoms with Crippen molar-refractivity contribution in [3.8, 4) is 0 Å². The lowest BCUT2D eigenvalue weighted by Gasteiger charge is -2.38. The first-order valence-corrected chi connectivity index (χ1v) is 7.46. The van der Waals surface area contributed by atoms with Crippen LogP contribution in [-0.4, -0.2) is 29.9 Å². The van der Waals surface area contributed by atoms with Gasteiger partial charge in [0.05, 0.1) is 0 Å². The van der Waals surface area contributed by atoms with Crippen LogP contribution in [-0.2, 0) is 0 Å². The first-order valence-electron chi connectivity index (χ1n) is 6.38. The largest absolute Gasteiger partial charge is 0.334 e. The van der Waals surface area contributed by atoms with Gasteiger partial charge in [-0.05, 0) is 59.5 Å². The van der Waals surface area contributed by atoms with E-state index in [-0.39, 0.29) is 11.9 Å². The fraction of sp³-hybridized carbons (Fsp3) is 0.500. The first-order chi connectivity index (χ1) is 8.61. The van der Waals surface area contributed by atoms with Crippen LogP contribution in [0.1, 0.15) is 30.1 Å². The van der Waals surface area contributed by atoms with Gasteiger partial charge < -0.3 is 10.6 Å². The molecule has 1 aliphatic rings. The summed E-state index contributed by atoms with van der Waals surface area (Å²) >= 11 is 2.23. The van der Waals surface area contributed by atoms with Crippen LogP contribution in [0.3, 0.4) is 0 Å². The maximum atomic E-state index is 12.5. The van der Waals surface area contributed by atoms with Crippen molar-refractivity contribution in [2.45, 2.75) is 25.8 Å². The standard InChI is InChI=1S/C14H19IN2O/c1-10-5-6-17(13(7-10)9-16)14(18)11-3-2-4-12(15)8-11/h2-4,8,10,13H,5-7,9,16H2,1H3. The number of amides is 1. The molecule has 0 saturated carbocycles. The lowest BCUT2D eigenvalue weighted by Crippen LogP contribution is -2.49. The van der Waals surface area contributed by atoms with Gasteiger partial charge in [-0.15, -0.1) is 0 Å². The van der Waals surface area contributed by atoms with Crippen LogP contribution in [0.5, 0.6) is 0 Å². The molecule has 0 aliphatic carbocycles. The fourth-order valence-electron chi connectivity index (χ4n) is 2.53. The third kappa shape index (κ3) is 3.03. The number of nitrogens with two attached hydrogens (primary N) is 1. The third-order valence-electron chi connectivity index (χ3n) is 3.58. The average Bonchev–Trinajstić information content (AvgIpc) is 2.37. The highest BCUT2D eigenvalue weighted by molar-refractivity contribution is 14.1. The molecular formula is C14H19IN2O. The highest BCUT2D eigenvalue weighted by Gasteiger charge is 2.29. The van der Waals surface area contributed by atoms with Crippen molar-refractivity contribution in [1.29, 1.82) is 0 Å². The van der Waals surface area contributed by atoms with Gasteiger partial charge in [0.2, 0.25) is 0 Å². The quantitative estimate of drug-likeness (QED) is 0.826. The molecule has 1 fully saturated rings. The maximum absolute atomic E-state index is 12.5. The fourth-order valence-corrected chi connectivity index (χ4v) is 3.07. The number of piperidine rings is 1. The van der Waals surface area contributed by atoms with Crippen molar-refractivity contribution in [1.82, 2.24) is 4.90 Å². The molecular weight excluding hydrogens is 339 g/mol. The second kappa shape index (κ2) is 6.02. The van der Waals surface area contributed by atoms with E-state index >= 15 is 0 Å². The van der Waals surface area contributed by atoms with Gasteiger partial charge in [0.15, 0.2) is 0 Å². The summed E-state index contributed by atoms with van der Waals surface area (Å²) in [5, 5.41) is 0. The predicted molar refractivity (Wildman–Crippen MR) is 81.4 cm³/mol. The molecule has 1 heterocycles. The van der Waals surface area contributed by atoms with Gasteiger partial charge >= 0.3 is 0 Å². The van der Waals surface area contributed by atoms with Crippen LogP contribution in [0.2, 0.25) is 0 Å². The molecule has 0 aromatic heterocycles. The summed E-state index contributed by atoms with van der Waals surface area (Å²) in [5.41, 5.74) is 6.58. The van der Waals surface area contributed by atoms with E-state index < -0.39 is 0 Å². The van der Waals surface area contributed by atoms with E-state index in [1.54, 1.807) is 0 Å². The van der Waals surface area contributed by atoms with Crippen LogP contribution in [0.15, 0.2) is 24.3 Å². The minimum Gasteiger partial charge on any atom is -0.334 e. The van der Waals surface area contributed by atoms with Crippen LogP contribution in [0.25, 0.3) is 0 Å². The Morgan fingerprint density at radius 1 is 1.56 bits per heavy atom. The van der Waals surface area contributed by atoms with Crippen LogP contribution >= 0.6 is 22.6 Å². The highest BCUT2D eigenvalue weighted by atomic mass is 127. The van der Waals surface area contributed by atoms with E-state index in [1.807, 2.05) is 29.2 Å². The van der Waals surface area contributed by atoms with E-state index in [4.69, 9.17) is 5.73 Å². The lowest BCUT2D eigenvalue weighted by atomic mass is 9.92. The summed E-state index contributed by atoms with van der Waals surface area (Å²) < 4.78 is 1.09. The summed E-state index contributed by atoms with van der Waals surface area (Å²) in [4.78, 5) is 14.4. The Labute approximate surface area is 122 Å². The van der Waals surface area contributed by atoms with E-state index in [0.29, 0.717) is 12.5 Å². The van der Waals surface area contributed by atoms with Crippen molar-refractivity contribution < 1.29 is 4.79 Å². The molecule has 0 spiro atoms. The van der Waals surface area contributed by atoms with Gasteiger partial charge in [0.1, 0.15) is 0 Å². The van der Waals surface area contributed by atoms with Crippen molar-refractivity contribution >= 4 is 28.5 Å². The maximum Gasteiger partial charge on any atom is 0.254 e. The Kier molecular flexibility index (Phi) is 4.61. The summed E-state index contributed by atoms with van der Waals surface area (Å²) in [7, 11) is 0. The number of hydrogen-bond acceptors (Lipinski definition) is 2. The van der Waals surface area contributed by atoms with Crippen molar-refractivity contribution in [3.05, 3.63) is 33.4 Å². The lowest BCUT2D eigenvalue weighted by molar-refractivity contribution is 0.0573. The van der Waals surface area contributed by atoms with Gasteiger partial charge in [-0.25, -0.2) is 0 Å². The Bertz CT molecular complexity index is 436. The molecule has 1 aromatic rings. The molecule has 1 amide bonds. The number of benzene rings is 1. The van der Waals surface area contributed by atoms with E-state index in [0.717, 1.165) is 28.5 Å². The molecule has 98 valence electrons. The van der Waals surface area contributed by atoms with E-state index in [2.05, 4.69) is 29.5 Å². The number of halogens is 1. The zero-order valence-electron chi connectivity index (χ0n) is 10.6. The van der Waals surface area contributed by atoms with Crippen LogP contribution in [0.4, 0.5) is 0 Å². The molecule has 0 radical (unpaired) electrons. The molecule has 1 aromatic carbocycles. The van der Waals surface area contributed by atoms with Gasteiger partial charge in [0, 0.05) is 28.3 Å². The van der Waals surface area contributed by atoms with E-state index in [1.165, 1.54) is 0 Å². The second-order valence-corrected chi connectivity index (χ2v) is 6.27. The zero-order chi connectivity index (χ0) is 13.1. The number of nitrogens with zero attached hydrogens (tertiary/aromatic N) is 1. The van der Waals surface area contributed by atoms with Crippen molar-refractivity contribution in [3.63, 3.8) is 0 Å². The highest BCUT2D eigenvalue weighted by Crippen LogP contribution is 2.24. The average molecular weight is 358 g/mol. The molecule has 2 rings (SSSR count). The van der Waals surface area contributed by atoms with Crippen molar-refractivity contribution in [2.75, 3.05) is 13.1 Å². The molecule has 1 aliphatic heterocycles. The molecule has 2 N–H and O–H groups in total. The van der Waals surface area contributed by atoms with E-state index in [9.17, 15) is 4.79 Å². The van der Waals surface area contributed by atoms with Gasteiger partial charge in [0.25, 0.3) is 5.91 Å². The smallest absolute Gasteiger partial charge is 0.254 e. The molecule has 1 saturated heterocycles. The van der Waals surface area contributed by atoms with Crippen LogP contribution < -0.4 is 5.73 Å². The number of rotatable bonds is 2. The van der Waals surface area contributed by atoms with Crippen molar-refractivity contribution in [2.24, 2.45) is 11.7 Å². The second-order valence-electron chi connectivity index (χ2n) is 5.03. The third-order valence-corrected chi connectivity index (χ3v) is 4.25. The number of hydrogen-bond donors (Lipinski definition) is 1. The number of carbonyl (C=O) groups is 1. The number of likely N-dealkylation sites (tertiary alicyclic amines) is 1. The Balaban J connectivity index is 2.17. The molecule has 18 heavy (non-hydrogen) atoms. The van der Waals surface area contributed by atoms with Gasteiger partial charge in [-0.3, -0.25) is 4.79 Å². The molecule has 2 atom stereocenters. The summed E-state index contributed by atoms with van der Waals surface area (Å²) in [6, 6.07) is 7.94. The Morgan fingerprint density at radius 2 is 2.33 bits per heavy atom. The Hall–Kier alpha value is -0.620. The molecule has 4 heteroatoms. The predicted octanol–water partition coefficient (Wildman–Crippen LogP) is 2.49. The summed E-state index contributed by atoms with van der Waals surface area (Å²) in [6.07, 6.45) is 2.10.